The standard InChI is InChI=1S/C12H23NO/c1-9-5-6-12(13-8-9)10-3-2-4-11(14)7-10/h9-14H,2-8H2,1H3/t9-,10-,11+,12+/m0/s1. The van der Waals surface area contributed by atoms with Gasteiger partial charge in [0, 0.05) is 6.04 Å². The first-order valence-corrected chi connectivity index (χ1v) is 6.17. The van der Waals surface area contributed by atoms with Gasteiger partial charge in [-0.25, -0.2) is 0 Å². The minimum absolute atomic E-state index is 0.0186. The average molecular weight is 197 g/mol. The predicted molar refractivity (Wildman–Crippen MR) is 58.2 cm³/mol. The van der Waals surface area contributed by atoms with Crippen molar-refractivity contribution < 1.29 is 5.11 Å². The summed E-state index contributed by atoms with van der Waals surface area (Å²) in [7, 11) is 0. The second-order valence-electron chi connectivity index (χ2n) is 5.28. The van der Waals surface area contributed by atoms with Crippen LogP contribution in [0.2, 0.25) is 0 Å². The van der Waals surface area contributed by atoms with Gasteiger partial charge >= 0.3 is 0 Å². The molecule has 0 bridgehead atoms. The van der Waals surface area contributed by atoms with Crippen LogP contribution in [0.15, 0.2) is 0 Å². The van der Waals surface area contributed by atoms with Crippen molar-refractivity contribution in [2.45, 2.75) is 57.6 Å². The number of hydrogen-bond acceptors (Lipinski definition) is 2. The molecule has 1 saturated heterocycles. The van der Waals surface area contributed by atoms with Crippen LogP contribution in [-0.4, -0.2) is 23.8 Å². The number of hydrogen-bond donors (Lipinski definition) is 2. The van der Waals surface area contributed by atoms with Crippen LogP contribution >= 0.6 is 0 Å². The van der Waals surface area contributed by atoms with Gasteiger partial charge in [0.25, 0.3) is 0 Å². The summed E-state index contributed by atoms with van der Waals surface area (Å²) in [5.41, 5.74) is 0. The molecule has 14 heavy (non-hydrogen) atoms. The van der Waals surface area contributed by atoms with Crippen LogP contribution in [0.4, 0.5) is 0 Å². The minimum atomic E-state index is -0.0186. The first-order valence-electron chi connectivity index (χ1n) is 6.17. The Kier molecular flexibility index (Phi) is 3.45. The van der Waals surface area contributed by atoms with Crippen LogP contribution in [0.25, 0.3) is 0 Å². The third-order valence-corrected chi connectivity index (χ3v) is 3.96. The molecule has 4 atom stereocenters. The largest absolute Gasteiger partial charge is 0.393 e. The van der Waals surface area contributed by atoms with Gasteiger partial charge in [-0.1, -0.05) is 13.3 Å². The topological polar surface area (TPSA) is 32.3 Å². The Balaban J connectivity index is 1.82. The highest BCUT2D eigenvalue weighted by Gasteiger charge is 2.29. The molecule has 0 aromatic heterocycles. The molecule has 0 spiro atoms. The molecular weight excluding hydrogens is 174 g/mol. The Bertz CT molecular complexity index is 175. The average Bonchev–Trinajstić information content (AvgIpc) is 2.19. The lowest BCUT2D eigenvalue weighted by atomic mass is 9.78. The Morgan fingerprint density at radius 2 is 2.00 bits per heavy atom. The van der Waals surface area contributed by atoms with Crippen LogP contribution in [0.3, 0.4) is 0 Å². The van der Waals surface area contributed by atoms with E-state index in [2.05, 4.69) is 12.2 Å². The molecule has 2 heteroatoms. The molecule has 2 nitrogen and oxygen atoms in total. The van der Waals surface area contributed by atoms with Crippen molar-refractivity contribution in [1.29, 1.82) is 0 Å². The van der Waals surface area contributed by atoms with Crippen molar-refractivity contribution >= 4 is 0 Å². The van der Waals surface area contributed by atoms with Gasteiger partial charge in [0.05, 0.1) is 6.10 Å². The summed E-state index contributed by atoms with van der Waals surface area (Å²) < 4.78 is 0. The maximum Gasteiger partial charge on any atom is 0.0543 e. The lowest BCUT2D eigenvalue weighted by Gasteiger charge is -2.37. The van der Waals surface area contributed by atoms with Gasteiger partial charge in [0.1, 0.15) is 0 Å². The summed E-state index contributed by atoms with van der Waals surface area (Å²) in [4.78, 5) is 0. The van der Waals surface area contributed by atoms with E-state index in [1.165, 1.54) is 32.2 Å². The monoisotopic (exact) mass is 197 g/mol. The second kappa shape index (κ2) is 4.63. The molecule has 1 aliphatic carbocycles. The fourth-order valence-electron chi connectivity index (χ4n) is 2.99. The van der Waals surface area contributed by atoms with E-state index in [9.17, 15) is 5.11 Å². The minimum Gasteiger partial charge on any atom is -0.393 e. The lowest BCUT2D eigenvalue weighted by molar-refractivity contribution is 0.0793. The van der Waals surface area contributed by atoms with E-state index in [0.29, 0.717) is 6.04 Å². The highest BCUT2D eigenvalue weighted by Crippen LogP contribution is 2.30. The number of aliphatic hydroxyl groups excluding tert-OH is 1. The van der Waals surface area contributed by atoms with E-state index in [-0.39, 0.29) is 6.10 Å². The summed E-state index contributed by atoms with van der Waals surface area (Å²) >= 11 is 0. The van der Waals surface area contributed by atoms with Crippen LogP contribution in [0, 0.1) is 11.8 Å². The van der Waals surface area contributed by atoms with Gasteiger partial charge in [-0.15, -0.1) is 0 Å². The third-order valence-electron chi connectivity index (χ3n) is 3.96. The molecule has 0 radical (unpaired) electrons. The summed E-state index contributed by atoms with van der Waals surface area (Å²) in [6.45, 7) is 3.50. The first kappa shape index (κ1) is 10.4. The highest BCUT2D eigenvalue weighted by molar-refractivity contribution is 4.85. The van der Waals surface area contributed by atoms with Gasteiger partial charge in [-0.3, -0.25) is 0 Å². The van der Waals surface area contributed by atoms with Crippen molar-refractivity contribution in [2.24, 2.45) is 11.8 Å². The highest BCUT2D eigenvalue weighted by atomic mass is 16.3. The van der Waals surface area contributed by atoms with Gasteiger partial charge in [0.15, 0.2) is 0 Å². The van der Waals surface area contributed by atoms with Gasteiger partial charge in [0.2, 0.25) is 0 Å². The molecule has 2 fully saturated rings. The van der Waals surface area contributed by atoms with E-state index >= 15 is 0 Å². The molecule has 0 aromatic carbocycles. The van der Waals surface area contributed by atoms with Gasteiger partial charge < -0.3 is 10.4 Å². The zero-order valence-corrected chi connectivity index (χ0v) is 9.21. The van der Waals surface area contributed by atoms with Crippen molar-refractivity contribution in [3.63, 3.8) is 0 Å². The van der Waals surface area contributed by atoms with E-state index < -0.39 is 0 Å². The van der Waals surface area contributed by atoms with E-state index in [0.717, 1.165) is 24.7 Å². The number of aliphatic hydroxyl groups is 1. The molecule has 1 saturated carbocycles. The number of rotatable bonds is 1. The normalized spacial score (nSPS) is 45.0. The smallest absolute Gasteiger partial charge is 0.0543 e. The summed E-state index contributed by atoms with van der Waals surface area (Å²) in [6, 6.07) is 0.696. The fraction of sp³-hybridized carbons (Fsp3) is 1.00. The fourth-order valence-corrected chi connectivity index (χ4v) is 2.99. The summed E-state index contributed by atoms with van der Waals surface area (Å²) in [5, 5.41) is 13.3. The zero-order chi connectivity index (χ0) is 9.97. The molecule has 0 amide bonds. The van der Waals surface area contributed by atoms with Crippen LogP contribution in [0.1, 0.15) is 45.4 Å². The first-order chi connectivity index (χ1) is 6.75. The van der Waals surface area contributed by atoms with E-state index in [1.807, 2.05) is 0 Å². The molecule has 2 N–H and O–H groups in total. The molecule has 1 aliphatic heterocycles. The van der Waals surface area contributed by atoms with E-state index in [4.69, 9.17) is 0 Å². The summed E-state index contributed by atoms with van der Waals surface area (Å²) in [5.74, 6) is 1.59. The van der Waals surface area contributed by atoms with Crippen LogP contribution < -0.4 is 5.32 Å². The molecule has 1 heterocycles. The molecule has 2 rings (SSSR count). The number of piperidine rings is 1. The van der Waals surface area contributed by atoms with Gasteiger partial charge in [-0.2, -0.15) is 0 Å². The van der Waals surface area contributed by atoms with E-state index in [1.54, 1.807) is 0 Å². The zero-order valence-electron chi connectivity index (χ0n) is 9.21. The Labute approximate surface area is 87.1 Å². The van der Waals surface area contributed by atoms with Crippen molar-refractivity contribution in [1.82, 2.24) is 5.32 Å². The van der Waals surface area contributed by atoms with Crippen molar-refractivity contribution in [3.05, 3.63) is 0 Å². The SMILES string of the molecule is C[C@H]1CC[C@H]([C@H]2CCC[C@@H](O)C2)NC1. The lowest BCUT2D eigenvalue weighted by Crippen LogP contribution is -2.44. The van der Waals surface area contributed by atoms with Crippen LogP contribution in [-0.2, 0) is 0 Å². The number of nitrogens with one attached hydrogen (secondary N) is 1. The molecule has 0 unspecified atom stereocenters. The molecule has 2 aliphatic rings. The predicted octanol–water partition coefficient (Wildman–Crippen LogP) is 1.93. The Morgan fingerprint density at radius 1 is 1.14 bits per heavy atom. The maximum absolute atomic E-state index is 9.63. The quantitative estimate of drug-likeness (QED) is 0.673. The Morgan fingerprint density at radius 3 is 2.64 bits per heavy atom. The molecule has 82 valence electrons. The second-order valence-corrected chi connectivity index (χ2v) is 5.28. The molecule has 0 aromatic rings. The summed E-state index contributed by atoms with van der Waals surface area (Å²) in [6.07, 6.45) is 7.27. The maximum atomic E-state index is 9.63. The van der Waals surface area contributed by atoms with Crippen molar-refractivity contribution in [2.75, 3.05) is 6.54 Å². The van der Waals surface area contributed by atoms with Crippen LogP contribution in [0.5, 0.6) is 0 Å². The van der Waals surface area contributed by atoms with Gasteiger partial charge in [-0.05, 0) is 50.5 Å². The van der Waals surface area contributed by atoms with Crippen molar-refractivity contribution in [3.8, 4) is 0 Å². The Hall–Kier alpha value is -0.0800. The third kappa shape index (κ3) is 2.48. The molecular formula is C12H23NO.